The SMILES string of the molecule is CN1CCN(Cc2ccc(-c3ccc(C(C#N)CNC(=O)C4(N)CC5CCC4C5)cc3)cc2)CC1. The second kappa shape index (κ2) is 10.1. The lowest BCUT2D eigenvalue weighted by atomic mass is 9.81. The van der Waals surface area contributed by atoms with Gasteiger partial charge in [-0.3, -0.25) is 9.69 Å². The number of hydrogen-bond donors (Lipinski definition) is 2. The van der Waals surface area contributed by atoms with Crippen molar-refractivity contribution in [3.05, 3.63) is 59.7 Å². The van der Waals surface area contributed by atoms with E-state index in [4.69, 9.17) is 5.73 Å². The molecule has 35 heavy (non-hydrogen) atoms. The molecule has 2 bridgehead atoms. The van der Waals surface area contributed by atoms with E-state index in [0.29, 0.717) is 18.4 Å². The van der Waals surface area contributed by atoms with E-state index in [1.165, 1.54) is 17.5 Å². The molecule has 1 heterocycles. The van der Waals surface area contributed by atoms with Crippen molar-refractivity contribution >= 4 is 5.91 Å². The third kappa shape index (κ3) is 5.13. The first kappa shape index (κ1) is 24.0. The lowest BCUT2D eigenvalue weighted by molar-refractivity contribution is -0.128. The maximum Gasteiger partial charge on any atom is 0.240 e. The van der Waals surface area contributed by atoms with Crippen molar-refractivity contribution in [3.8, 4) is 17.2 Å². The van der Waals surface area contributed by atoms with Crippen LogP contribution in [0.5, 0.6) is 0 Å². The molecule has 3 aliphatic rings. The molecule has 3 N–H and O–H groups in total. The Hall–Kier alpha value is -2.72. The quantitative estimate of drug-likeness (QED) is 0.647. The second-order valence-electron chi connectivity index (χ2n) is 10.9. The molecule has 4 atom stereocenters. The molecule has 3 fully saturated rings. The highest BCUT2D eigenvalue weighted by Gasteiger charge is 2.53. The van der Waals surface area contributed by atoms with Crippen molar-refractivity contribution in [2.24, 2.45) is 17.6 Å². The fraction of sp³-hybridized carbons (Fsp3) is 0.517. The number of fused-ring (bicyclic) bond motifs is 2. The number of nitrogens with one attached hydrogen (secondary N) is 1. The van der Waals surface area contributed by atoms with Gasteiger partial charge in [0.15, 0.2) is 0 Å². The lowest BCUT2D eigenvalue weighted by Gasteiger charge is -2.32. The molecule has 4 unspecified atom stereocenters. The number of nitriles is 1. The lowest BCUT2D eigenvalue weighted by Crippen LogP contribution is -2.57. The number of nitrogens with two attached hydrogens (primary N) is 1. The molecule has 0 spiro atoms. The molecule has 1 aliphatic heterocycles. The second-order valence-corrected chi connectivity index (χ2v) is 10.9. The molecule has 184 valence electrons. The van der Waals surface area contributed by atoms with Crippen LogP contribution in [0, 0.1) is 23.2 Å². The summed E-state index contributed by atoms with van der Waals surface area (Å²) in [4.78, 5) is 17.7. The van der Waals surface area contributed by atoms with Crippen molar-refractivity contribution in [1.29, 1.82) is 5.26 Å². The van der Waals surface area contributed by atoms with Crippen LogP contribution in [0.4, 0.5) is 0 Å². The number of likely N-dealkylation sites (N-methyl/N-ethyl adjacent to an activating group) is 1. The first-order valence-corrected chi connectivity index (χ1v) is 13.0. The highest BCUT2D eigenvalue weighted by atomic mass is 16.2. The van der Waals surface area contributed by atoms with E-state index in [9.17, 15) is 10.1 Å². The van der Waals surface area contributed by atoms with Gasteiger partial charge in [-0.25, -0.2) is 0 Å². The van der Waals surface area contributed by atoms with Crippen molar-refractivity contribution in [3.63, 3.8) is 0 Å². The number of rotatable bonds is 7. The number of benzene rings is 2. The van der Waals surface area contributed by atoms with Crippen LogP contribution in [0.1, 0.15) is 42.7 Å². The van der Waals surface area contributed by atoms with E-state index in [1.54, 1.807) is 0 Å². The topological polar surface area (TPSA) is 85.4 Å². The molecule has 6 heteroatoms. The van der Waals surface area contributed by atoms with E-state index in [1.807, 2.05) is 12.1 Å². The Bertz CT molecular complexity index is 1070. The Balaban J connectivity index is 1.17. The highest BCUT2D eigenvalue weighted by molar-refractivity contribution is 5.87. The van der Waals surface area contributed by atoms with Gasteiger partial charge in [-0.05, 0) is 60.4 Å². The van der Waals surface area contributed by atoms with Crippen LogP contribution < -0.4 is 11.1 Å². The summed E-state index contributed by atoms with van der Waals surface area (Å²) in [7, 11) is 2.18. The summed E-state index contributed by atoms with van der Waals surface area (Å²) >= 11 is 0. The van der Waals surface area contributed by atoms with Gasteiger partial charge in [-0.1, -0.05) is 55.0 Å². The highest BCUT2D eigenvalue weighted by Crippen LogP contribution is 2.49. The van der Waals surface area contributed by atoms with Gasteiger partial charge >= 0.3 is 0 Å². The van der Waals surface area contributed by atoms with Crippen LogP contribution in [0.2, 0.25) is 0 Å². The van der Waals surface area contributed by atoms with Crippen molar-refractivity contribution in [2.45, 2.75) is 43.7 Å². The zero-order chi connectivity index (χ0) is 24.4. The molecule has 6 nitrogen and oxygen atoms in total. The van der Waals surface area contributed by atoms with Gasteiger partial charge in [0.2, 0.25) is 5.91 Å². The summed E-state index contributed by atoms with van der Waals surface area (Å²) < 4.78 is 0. The number of piperazine rings is 1. The Morgan fingerprint density at radius 1 is 1.09 bits per heavy atom. The van der Waals surface area contributed by atoms with Crippen LogP contribution >= 0.6 is 0 Å². The molecule has 2 aromatic rings. The van der Waals surface area contributed by atoms with Gasteiger partial charge in [0.25, 0.3) is 0 Å². The number of carbonyl (C=O) groups excluding carboxylic acids is 1. The third-order valence-electron chi connectivity index (χ3n) is 8.54. The molecule has 2 aliphatic carbocycles. The number of amides is 1. The van der Waals surface area contributed by atoms with Crippen molar-refractivity contribution < 1.29 is 4.79 Å². The van der Waals surface area contributed by atoms with Crippen molar-refractivity contribution in [1.82, 2.24) is 15.1 Å². The summed E-state index contributed by atoms with van der Waals surface area (Å²) in [5.74, 6) is 0.413. The third-order valence-corrected chi connectivity index (χ3v) is 8.54. The predicted octanol–water partition coefficient (Wildman–Crippen LogP) is 3.34. The van der Waals surface area contributed by atoms with Crippen molar-refractivity contribution in [2.75, 3.05) is 39.8 Å². The minimum Gasteiger partial charge on any atom is -0.353 e. The minimum absolute atomic E-state index is 0.0850. The summed E-state index contributed by atoms with van der Waals surface area (Å²) in [6, 6.07) is 19.3. The molecular formula is C29H37N5O. The van der Waals surface area contributed by atoms with Crippen LogP contribution in [0.25, 0.3) is 11.1 Å². The van der Waals surface area contributed by atoms with E-state index in [-0.39, 0.29) is 11.8 Å². The summed E-state index contributed by atoms with van der Waals surface area (Å²) in [5.41, 5.74) is 10.3. The van der Waals surface area contributed by atoms with Gasteiger partial charge in [-0.15, -0.1) is 0 Å². The Morgan fingerprint density at radius 3 is 2.31 bits per heavy atom. The first-order valence-electron chi connectivity index (χ1n) is 13.0. The number of carbonyl (C=O) groups is 1. The average molecular weight is 472 g/mol. The average Bonchev–Trinajstić information content (AvgIpc) is 3.48. The maximum atomic E-state index is 12.9. The molecular weight excluding hydrogens is 434 g/mol. The van der Waals surface area contributed by atoms with E-state index >= 15 is 0 Å². The van der Waals surface area contributed by atoms with Crippen LogP contribution in [-0.4, -0.2) is 61.0 Å². The number of hydrogen-bond acceptors (Lipinski definition) is 5. The molecule has 2 saturated carbocycles. The van der Waals surface area contributed by atoms with Gasteiger partial charge in [0.1, 0.15) is 0 Å². The molecule has 0 radical (unpaired) electrons. The number of nitrogens with zero attached hydrogens (tertiary/aromatic N) is 3. The van der Waals surface area contributed by atoms with E-state index in [2.05, 4.69) is 64.6 Å². The molecule has 1 amide bonds. The Labute approximate surface area is 209 Å². The van der Waals surface area contributed by atoms with E-state index in [0.717, 1.165) is 63.1 Å². The fourth-order valence-corrected chi connectivity index (χ4v) is 6.22. The summed E-state index contributed by atoms with van der Waals surface area (Å²) in [6.07, 6.45) is 4.10. The Morgan fingerprint density at radius 2 is 1.74 bits per heavy atom. The first-order chi connectivity index (χ1) is 16.9. The van der Waals surface area contributed by atoms with E-state index < -0.39 is 5.54 Å². The molecule has 1 saturated heterocycles. The Kier molecular flexibility index (Phi) is 6.93. The fourth-order valence-electron chi connectivity index (χ4n) is 6.22. The van der Waals surface area contributed by atoms with Crippen LogP contribution in [0.15, 0.2) is 48.5 Å². The predicted molar refractivity (Wildman–Crippen MR) is 138 cm³/mol. The molecule has 0 aromatic heterocycles. The standard InChI is InChI=1S/C29H37N5O/c1-33-12-14-34(15-13-33)20-21-2-5-23(6-3-21)24-7-9-25(10-8-24)26(18-30)19-32-28(35)29(31)17-22-4-11-27(29)16-22/h2-3,5-10,22,26-27H,4,11-17,19-20,31H2,1H3,(H,32,35). The van der Waals surface area contributed by atoms with Crippen LogP contribution in [0.3, 0.4) is 0 Å². The smallest absolute Gasteiger partial charge is 0.240 e. The van der Waals surface area contributed by atoms with Gasteiger partial charge in [-0.2, -0.15) is 5.26 Å². The minimum atomic E-state index is -0.747. The normalized spacial score (nSPS) is 27.5. The molecule has 5 rings (SSSR count). The zero-order valence-corrected chi connectivity index (χ0v) is 20.7. The monoisotopic (exact) mass is 471 g/mol. The van der Waals surface area contributed by atoms with Gasteiger partial charge in [0, 0.05) is 39.3 Å². The van der Waals surface area contributed by atoms with Crippen LogP contribution in [-0.2, 0) is 11.3 Å². The summed E-state index contributed by atoms with van der Waals surface area (Å²) in [5, 5.41) is 12.7. The zero-order valence-electron chi connectivity index (χ0n) is 20.7. The summed E-state index contributed by atoms with van der Waals surface area (Å²) in [6.45, 7) is 5.79. The van der Waals surface area contributed by atoms with Gasteiger partial charge < -0.3 is 16.0 Å². The maximum absolute atomic E-state index is 12.9. The largest absolute Gasteiger partial charge is 0.353 e. The van der Waals surface area contributed by atoms with Gasteiger partial charge in [0.05, 0.1) is 17.5 Å². The molecule has 2 aromatic carbocycles.